The van der Waals surface area contributed by atoms with E-state index in [2.05, 4.69) is 37.5 Å². The molecule has 2 aromatic carbocycles. The van der Waals surface area contributed by atoms with E-state index in [4.69, 9.17) is 13.9 Å². The largest absolute Gasteiger partial charge is 0.492 e. The van der Waals surface area contributed by atoms with Gasteiger partial charge in [0.25, 0.3) is 0 Å². The van der Waals surface area contributed by atoms with E-state index in [9.17, 15) is 4.79 Å². The fourth-order valence-corrected chi connectivity index (χ4v) is 4.59. The first-order chi connectivity index (χ1) is 17.1. The number of fused-ring (bicyclic) bond motifs is 3. The van der Waals surface area contributed by atoms with Crippen molar-refractivity contribution >= 4 is 21.7 Å². The molecule has 0 saturated heterocycles. The summed E-state index contributed by atoms with van der Waals surface area (Å²) in [6.45, 7) is 16.1. The zero-order valence-electron chi connectivity index (χ0n) is 22.0. The highest BCUT2D eigenvalue weighted by molar-refractivity contribution is 6.04. The summed E-state index contributed by atoms with van der Waals surface area (Å²) in [5.41, 5.74) is 0.188. The summed E-state index contributed by atoms with van der Waals surface area (Å²) in [5.74, 6) is 1.41. The molecule has 0 aliphatic rings. The molecule has 3 rings (SSSR count). The summed E-state index contributed by atoms with van der Waals surface area (Å²) in [4.78, 5) is 17.6. The van der Waals surface area contributed by atoms with Gasteiger partial charge in [-0.3, -0.25) is 9.80 Å². The van der Waals surface area contributed by atoms with Crippen LogP contribution in [0.4, 0.5) is 0 Å². The third-order valence-corrected chi connectivity index (χ3v) is 6.17. The molecule has 0 atom stereocenters. The van der Waals surface area contributed by atoms with Crippen LogP contribution in [-0.2, 0) is 0 Å². The quantitative estimate of drug-likeness (QED) is 0.186. The number of nitrogens with zero attached hydrogens (tertiary/aromatic N) is 2. The van der Waals surface area contributed by atoms with E-state index in [-0.39, 0.29) is 5.63 Å². The Morgan fingerprint density at radius 3 is 1.63 bits per heavy atom. The van der Waals surface area contributed by atoms with Crippen LogP contribution < -0.4 is 15.1 Å². The fraction of sp³-hybridized carbons (Fsp3) is 0.552. The van der Waals surface area contributed by atoms with Crippen LogP contribution in [0.1, 0.15) is 53.4 Å². The summed E-state index contributed by atoms with van der Waals surface area (Å²) in [6.07, 6.45) is 4.54. The minimum atomic E-state index is -0.356. The van der Waals surface area contributed by atoms with Crippen molar-refractivity contribution in [1.82, 2.24) is 9.80 Å². The lowest BCUT2D eigenvalue weighted by molar-refractivity contribution is 0.209. The van der Waals surface area contributed by atoms with Crippen LogP contribution in [0.3, 0.4) is 0 Å². The molecule has 6 nitrogen and oxygen atoms in total. The molecule has 35 heavy (non-hydrogen) atoms. The molecule has 0 aliphatic heterocycles. The van der Waals surface area contributed by atoms with Crippen LogP contribution in [0.25, 0.3) is 21.7 Å². The molecule has 192 valence electrons. The molecule has 0 amide bonds. The van der Waals surface area contributed by atoms with Gasteiger partial charge in [-0.2, -0.15) is 0 Å². The van der Waals surface area contributed by atoms with Crippen LogP contribution in [0.5, 0.6) is 11.5 Å². The first-order valence-corrected chi connectivity index (χ1v) is 13.3. The Morgan fingerprint density at radius 1 is 0.629 bits per heavy atom. The summed E-state index contributed by atoms with van der Waals surface area (Å²) in [6, 6.07) is 11.4. The zero-order valence-corrected chi connectivity index (χ0v) is 22.0. The Hall–Kier alpha value is -2.57. The molecule has 0 aliphatic carbocycles. The molecular weight excluding hydrogens is 440 g/mol. The molecule has 0 unspecified atom stereocenters. The summed E-state index contributed by atoms with van der Waals surface area (Å²) in [7, 11) is 0. The maximum Gasteiger partial charge on any atom is 0.344 e. The Kier molecular flexibility index (Phi) is 10.9. The number of benzene rings is 2. The van der Waals surface area contributed by atoms with Crippen molar-refractivity contribution in [3.05, 3.63) is 46.8 Å². The molecule has 1 aromatic heterocycles. The molecule has 0 bridgehead atoms. The van der Waals surface area contributed by atoms with E-state index < -0.39 is 0 Å². The van der Waals surface area contributed by atoms with Crippen LogP contribution >= 0.6 is 0 Å². The minimum absolute atomic E-state index is 0.356. The van der Waals surface area contributed by atoms with Crippen LogP contribution in [0, 0.1) is 0 Å². The summed E-state index contributed by atoms with van der Waals surface area (Å²) in [5, 5.41) is 2.30. The van der Waals surface area contributed by atoms with Crippen molar-refractivity contribution in [1.29, 1.82) is 0 Å². The van der Waals surface area contributed by atoms with Gasteiger partial charge in [0.05, 0.1) is 5.39 Å². The first kappa shape index (κ1) is 27.0. The second-order valence-electron chi connectivity index (χ2n) is 9.14. The highest BCUT2D eigenvalue weighted by atomic mass is 16.5. The smallest absolute Gasteiger partial charge is 0.344 e. The Balaban J connectivity index is 1.69. The van der Waals surface area contributed by atoms with Gasteiger partial charge in [0.1, 0.15) is 30.3 Å². The van der Waals surface area contributed by atoms with E-state index >= 15 is 0 Å². The lowest BCUT2D eigenvalue weighted by Gasteiger charge is -2.21. The Morgan fingerprint density at radius 2 is 1.11 bits per heavy atom. The average molecular weight is 483 g/mol. The second-order valence-corrected chi connectivity index (χ2v) is 9.14. The second kappa shape index (κ2) is 14.1. The van der Waals surface area contributed by atoms with Gasteiger partial charge >= 0.3 is 5.63 Å². The predicted molar refractivity (Wildman–Crippen MR) is 145 cm³/mol. The minimum Gasteiger partial charge on any atom is -0.492 e. The van der Waals surface area contributed by atoms with Crippen molar-refractivity contribution in [3.63, 3.8) is 0 Å². The van der Waals surface area contributed by atoms with Crippen molar-refractivity contribution < 1.29 is 13.9 Å². The topological polar surface area (TPSA) is 55.1 Å². The van der Waals surface area contributed by atoms with Crippen LogP contribution in [0.2, 0.25) is 0 Å². The zero-order chi connectivity index (χ0) is 25.0. The standard InChI is InChI=1S/C29H42N2O4/c1-5-13-30(14-6-2)17-19-33-23-9-11-25-26-12-10-24(22-28(26)35-29(32)27(25)21-23)34-20-18-31(15-7-3)16-8-4/h9-12,21-22H,5-8,13-20H2,1-4H3. The number of rotatable bonds is 16. The molecule has 6 heteroatoms. The van der Waals surface area contributed by atoms with Gasteiger partial charge in [0, 0.05) is 29.9 Å². The normalized spacial score (nSPS) is 11.7. The lowest BCUT2D eigenvalue weighted by Crippen LogP contribution is -2.30. The molecule has 0 radical (unpaired) electrons. The van der Waals surface area contributed by atoms with Crippen molar-refractivity contribution in [3.8, 4) is 11.5 Å². The van der Waals surface area contributed by atoms with Gasteiger partial charge in [0.15, 0.2) is 0 Å². The highest BCUT2D eigenvalue weighted by Crippen LogP contribution is 2.28. The molecule has 0 fully saturated rings. The summed E-state index contributed by atoms with van der Waals surface area (Å²) < 4.78 is 17.6. The number of hydrogen-bond acceptors (Lipinski definition) is 6. The summed E-state index contributed by atoms with van der Waals surface area (Å²) >= 11 is 0. The molecule has 0 saturated carbocycles. The van der Waals surface area contributed by atoms with Crippen molar-refractivity contribution in [2.75, 3.05) is 52.5 Å². The number of hydrogen-bond donors (Lipinski definition) is 0. The van der Waals surface area contributed by atoms with Gasteiger partial charge < -0.3 is 13.9 Å². The number of ether oxygens (including phenoxy) is 2. The van der Waals surface area contributed by atoms with E-state index in [1.807, 2.05) is 30.3 Å². The predicted octanol–water partition coefficient (Wildman–Crippen LogP) is 5.95. The maximum absolute atomic E-state index is 12.8. The Labute approximate surface area is 209 Å². The van der Waals surface area contributed by atoms with E-state index in [0.29, 0.717) is 29.9 Å². The molecule has 3 aromatic rings. The molecule has 0 spiro atoms. The van der Waals surface area contributed by atoms with Crippen molar-refractivity contribution in [2.24, 2.45) is 0 Å². The fourth-order valence-electron chi connectivity index (χ4n) is 4.59. The third-order valence-electron chi connectivity index (χ3n) is 6.17. The first-order valence-electron chi connectivity index (χ1n) is 13.3. The monoisotopic (exact) mass is 482 g/mol. The van der Waals surface area contributed by atoms with E-state index in [1.165, 1.54) is 0 Å². The third kappa shape index (κ3) is 7.71. The van der Waals surface area contributed by atoms with Gasteiger partial charge in [0.2, 0.25) is 0 Å². The van der Waals surface area contributed by atoms with Gasteiger partial charge in [-0.25, -0.2) is 4.79 Å². The van der Waals surface area contributed by atoms with Gasteiger partial charge in [-0.05, 0) is 82.2 Å². The highest BCUT2D eigenvalue weighted by Gasteiger charge is 2.11. The SMILES string of the molecule is CCCN(CCC)CCOc1ccc2c(c1)oc(=O)c1cc(OCCN(CCC)CCC)ccc12. The van der Waals surface area contributed by atoms with Gasteiger partial charge in [-0.15, -0.1) is 0 Å². The maximum atomic E-state index is 12.8. The molecule has 1 heterocycles. The van der Waals surface area contributed by atoms with Gasteiger partial charge in [-0.1, -0.05) is 27.7 Å². The van der Waals surface area contributed by atoms with E-state index in [0.717, 1.165) is 81.5 Å². The lowest BCUT2D eigenvalue weighted by atomic mass is 10.1. The Bertz CT molecular complexity index is 1100. The van der Waals surface area contributed by atoms with Crippen LogP contribution in [-0.4, -0.2) is 62.3 Å². The molecule has 0 N–H and O–H groups in total. The van der Waals surface area contributed by atoms with Crippen molar-refractivity contribution in [2.45, 2.75) is 53.4 Å². The average Bonchev–Trinajstić information content (AvgIpc) is 2.85. The van der Waals surface area contributed by atoms with E-state index in [1.54, 1.807) is 6.07 Å². The molecular formula is C29H42N2O4. The van der Waals surface area contributed by atoms with Crippen LogP contribution in [0.15, 0.2) is 45.6 Å².